The molecule has 0 saturated carbocycles. The summed E-state index contributed by atoms with van der Waals surface area (Å²) in [5.41, 5.74) is 0. The number of hydrogen-bond acceptors (Lipinski definition) is 11. The number of carboxylic acid groups (broad SMARTS) is 1. The van der Waals surface area contributed by atoms with E-state index >= 15 is 0 Å². The fourth-order valence-corrected chi connectivity index (χ4v) is 10.5. The van der Waals surface area contributed by atoms with Crippen molar-refractivity contribution in [2.24, 2.45) is 0 Å². The first-order valence-electron chi connectivity index (χ1n) is 34.6. The molecule has 1 aliphatic rings. The quantitative estimate of drug-likeness (QED) is 0.0228. The molecule has 0 aromatic rings. The maximum absolute atomic E-state index is 13.2. The molecule has 1 saturated heterocycles. The van der Waals surface area contributed by atoms with E-state index in [1.165, 1.54) is 173 Å². The van der Waals surface area contributed by atoms with Gasteiger partial charge < -0.3 is 39.0 Å². The number of carbonyl (C=O) groups is 4. The standard InChI is InChI=1S/C71H126O12/c1-4-7-10-13-16-19-22-25-28-30-32-34-37-39-42-45-48-51-54-57-63(72)79-60-62(81-64(73)58-55-52-49-46-43-40-36-27-24-21-18-15-12-9-6-3)61-80-71-69(67(76)66(75)68(83-71)70(77)78)82-65(74)59-56-53-50-47-44-41-38-35-33-31-29-26-23-20-17-14-11-8-5-2/h17,20,25-29,36,62,66-69,71,75-76H,4-16,18-19,21-24,30-35,37-61H2,1-3H3,(H,77,78)/b20-17-,28-25-,29-26-,36-27-. The number of carbonyl (C=O) groups excluding carboxylic acids is 3. The molecule has 83 heavy (non-hydrogen) atoms. The van der Waals surface area contributed by atoms with Gasteiger partial charge in [-0.25, -0.2) is 4.79 Å². The Labute approximate surface area is 507 Å². The van der Waals surface area contributed by atoms with E-state index in [9.17, 15) is 34.5 Å². The Hall–Kier alpha value is -3.32. The van der Waals surface area contributed by atoms with Crippen molar-refractivity contribution >= 4 is 23.9 Å². The van der Waals surface area contributed by atoms with E-state index in [1.807, 2.05) is 0 Å². The third-order valence-corrected chi connectivity index (χ3v) is 15.8. The number of aliphatic carboxylic acids is 1. The Morgan fingerprint density at radius 3 is 1.12 bits per heavy atom. The molecule has 6 unspecified atom stereocenters. The van der Waals surface area contributed by atoms with Crippen LogP contribution in [0.1, 0.15) is 329 Å². The lowest BCUT2D eigenvalue weighted by Gasteiger charge is -2.40. The monoisotopic (exact) mass is 1170 g/mol. The molecular weight excluding hydrogens is 1040 g/mol. The van der Waals surface area contributed by atoms with Crippen LogP contribution in [0, 0.1) is 0 Å². The van der Waals surface area contributed by atoms with Crippen LogP contribution < -0.4 is 0 Å². The minimum atomic E-state index is -1.91. The average Bonchev–Trinajstić information content (AvgIpc) is 3.60. The van der Waals surface area contributed by atoms with Gasteiger partial charge in [0.25, 0.3) is 0 Å². The predicted octanol–water partition coefficient (Wildman–Crippen LogP) is 18.9. The summed E-state index contributed by atoms with van der Waals surface area (Å²) in [6.45, 7) is 6.01. The van der Waals surface area contributed by atoms with Crippen LogP contribution in [-0.2, 0) is 42.9 Å². The van der Waals surface area contributed by atoms with Crippen molar-refractivity contribution in [3.8, 4) is 0 Å². The number of aliphatic hydroxyl groups is 2. The number of hydrogen-bond donors (Lipinski definition) is 3. The average molecular weight is 1170 g/mol. The van der Waals surface area contributed by atoms with E-state index in [-0.39, 0.29) is 25.9 Å². The van der Waals surface area contributed by atoms with Crippen molar-refractivity contribution in [1.82, 2.24) is 0 Å². The first-order chi connectivity index (χ1) is 40.6. The zero-order valence-corrected chi connectivity index (χ0v) is 53.5. The van der Waals surface area contributed by atoms with Gasteiger partial charge in [0.1, 0.15) is 18.8 Å². The molecule has 1 heterocycles. The van der Waals surface area contributed by atoms with Crippen molar-refractivity contribution in [2.75, 3.05) is 13.2 Å². The molecule has 1 aliphatic heterocycles. The number of aliphatic hydroxyl groups excluding tert-OH is 2. The molecule has 0 bridgehead atoms. The molecule has 0 aromatic heterocycles. The Balaban J connectivity index is 2.62. The molecule has 0 amide bonds. The van der Waals surface area contributed by atoms with Crippen LogP contribution in [0.15, 0.2) is 48.6 Å². The van der Waals surface area contributed by atoms with E-state index < -0.39 is 67.3 Å². The number of rotatable bonds is 60. The normalized spacial score (nSPS) is 17.8. The molecule has 12 heteroatoms. The van der Waals surface area contributed by atoms with Gasteiger partial charge in [-0.2, -0.15) is 0 Å². The Morgan fingerprint density at radius 2 is 0.723 bits per heavy atom. The van der Waals surface area contributed by atoms with Gasteiger partial charge in [0.2, 0.25) is 0 Å². The molecule has 0 aromatic carbocycles. The molecule has 0 radical (unpaired) electrons. The highest BCUT2D eigenvalue weighted by molar-refractivity contribution is 5.74. The first-order valence-corrected chi connectivity index (χ1v) is 34.6. The van der Waals surface area contributed by atoms with Crippen LogP contribution in [0.4, 0.5) is 0 Å². The zero-order valence-electron chi connectivity index (χ0n) is 53.5. The summed E-state index contributed by atoms with van der Waals surface area (Å²) in [5, 5.41) is 31.6. The summed E-state index contributed by atoms with van der Waals surface area (Å²) in [6.07, 6.45) is 60.6. The van der Waals surface area contributed by atoms with Gasteiger partial charge in [0.15, 0.2) is 24.6 Å². The second kappa shape index (κ2) is 59.0. The maximum Gasteiger partial charge on any atom is 0.335 e. The SMILES string of the molecule is CCCCC/C=C\C/C=C\CCCCCCCCCCCC(=O)OC1C(OCC(COC(=O)CCCCCCCCCCC/C=C\CCCCCCCC)OC(=O)CCCCCCC/C=C\CCCCCCCC)OC(C(=O)O)C(O)C1O. The number of ether oxygens (including phenoxy) is 5. The third kappa shape index (κ3) is 48.5. The Bertz CT molecular complexity index is 1630. The minimum absolute atomic E-state index is 0.0563. The molecular formula is C71H126O12. The Kier molecular flexibility index (Phi) is 55.3. The van der Waals surface area contributed by atoms with Gasteiger partial charge >= 0.3 is 23.9 Å². The zero-order chi connectivity index (χ0) is 60.3. The van der Waals surface area contributed by atoms with Crippen molar-refractivity contribution in [1.29, 1.82) is 0 Å². The number of allylic oxidation sites excluding steroid dienone is 8. The summed E-state index contributed by atoms with van der Waals surface area (Å²) in [6, 6.07) is 0. The van der Waals surface area contributed by atoms with E-state index in [0.717, 1.165) is 96.3 Å². The number of carboxylic acids is 1. The number of esters is 3. The second-order valence-corrected chi connectivity index (χ2v) is 23.8. The molecule has 1 fully saturated rings. The Morgan fingerprint density at radius 1 is 0.398 bits per heavy atom. The predicted molar refractivity (Wildman–Crippen MR) is 340 cm³/mol. The van der Waals surface area contributed by atoms with Crippen LogP contribution in [0.5, 0.6) is 0 Å². The van der Waals surface area contributed by atoms with E-state index in [4.69, 9.17) is 23.7 Å². The van der Waals surface area contributed by atoms with Crippen LogP contribution >= 0.6 is 0 Å². The molecule has 3 N–H and O–H groups in total. The third-order valence-electron chi connectivity index (χ3n) is 15.8. The van der Waals surface area contributed by atoms with Crippen LogP contribution in [0.3, 0.4) is 0 Å². The maximum atomic E-state index is 13.2. The lowest BCUT2D eigenvalue weighted by molar-refractivity contribution is -0.301. The van der Waals surface area contributed by atoms with Crippen molar-refractivity contribution < 1.29 is 58.2 Å². The van der Waals surface area contributed by atoms with Crippen molar-refractivity contribution in [3.63, 3.8) is 0 Å². The van der Waals surface area contributed by atoms with Gasteiger partial charge in [0, 0.05) is 19.3 Å². The van der Waals surface area contributed by atoms with E-state index in [1.54, 1.807) is 0 Å². The van der Waals surface area contributed by atoms with Gasteiger partial charge in [0.05, 0.1) is 6.61 Å². The lowest BCUT2D eigenvalue weighted by Crippen LogP contribution is -2.61. The van der Waals surface area contributed by atoms with Crippen LogP contribution in [0.25, 0.3) is 0 Å². The largest absolute Gasteiger partial charge is 0.479 e. The van der Waals surface area contributed by atoms with Crippen LogP contribution in [0.2, 0.25) is 0 Å². The summed E-state index contributed by atoms with van der Waals surface area (Å²) in [4.78, 5) is 51.4. The van der Waals surface area contributed by atoms with Gasteiger partial charge in [-0.3, -0.25) is 14.4 Å². The van der Waals surface area contributed by atoms with Gasteiger partial charge in [-0.1, -0.05) is 256 Å². The summed E-state index contributed by atoms with van der Waals surface area (Å²) in [5.74, 6) is -3.11. The first kappa shape index (κ1) is 77.7. The molecule has 0 aliphatic carbocycles. The van der Waals surface area contributed by atoms with Crippen molar-refractivity contribution in [2.45, 2.75) is 366 Å². The molecule has 12 nitrogen and oxygen atoms in total. The highest BCUT2D eigenvalue weighted by Gasteiger charge is 2.50. The lowest BCUT2D eigenvalue weighted by atomic mass is 9.98. The van der Waals surface area contributed by atoms with Gasteiger partial charge in [-0.15, -0.1) is 0 Å². The fraction of sp³-hybridized carbons (Fsp3) is 0.831. The minimum Gasteiger partial charge on any atom is -0.479 e. The van der Waals surface area contributed by atoms with Crippen LogP contribution in [-0.4, -0.2) is 89.2 Å². The molecule has 482 valence electrons. The fourth-order valence-electron chi connectivity index (χ4n) is 10.5. The molecule has 6 atom stereocenters. The second-order valence-electron chi connectivity index (χ2n) is 23.8. The van der Waals surface area contributed by atoms with E-state index in [0.29, 0.717) is 19.3 Å². The van der Waals surface area contributed by atoms with Gasteiger partial charge in [-0.05, 0) is 103 Å². The summed E-state index contributed by atoms with van der Waals surface area (Å²) < 4.78 is 28.6. The van der Waals surface area contributed by atoms with E-state index in [2.05, 4.69) is 69.4 Å². The summed E-state index contributed by atoms with van der Waals surface area (Å²) >= 11 is 0. The highest BCUT2D eigenvalue weighted by Crippen LogP contribution is 2.27. The molecule has 0 spiro atoms. The summed E-state index contributed by atoms with van der Waals surface area (Å²) in [7, 11) is 0. The topological polar surface area (TPSA) is 175 Å². The number of unbranched alkanes of at least 4 members (excludes halogenated alkanes) is 38. The van der Waals surface area contributed by atoms with Crippen molar-refractivity contribution in [3.05, 3.63) is 48.6 Å². The highest BCUT2D eigenvalue weighted by atomic mass is 16.7. The smallest absolute Gasteiger partial charge is 0.335 e. The molecule has 1 rings (SSSR count).